The van der Waals surface area contributed by atoms with Crippen molar-refractivity contribution in [2.24, 2.45) is 22.9 Å². The first kappa shape index (κ1) is 55.2. The van der Waals surface area contributed by atoms with Crippen LogP contribution in [0.5, 0.6) is 11.5 Å². The number of benzene rings is 2. The summed E-state index contributed by atoms with van der Waals surface area (Å²) in [6, 6.07) is 10.6. The summed E-state index contributed by atoms with van der Waals surface area (Å²) in [7, 11) is 0. The van der Waals surface area contributed by atoms with Crippen molar-refractivity contribution in [3.8, 4) is 11.5 Å². The van der Waals surface area contributed by atoms with Gasteiger partial charge in [0, 0.05) is 44.2 Å². The second kappa shape index (κ2) is 28.2. The molecule has 12 nitrogen and oxygen atoms in total. The van der Waals surface area contributed by atoms with Crippen molar-refractivity contribution >= 4 is 17.9 Å². The predicted molar refractivity (Wildman–Crippen MR) is 270 cm³/mol. The molecule has 0 radical (unpaired) electrons. The molecule has 2 aromatic carbocycles. The summed E-state index contributed by atoms with van der Waals surface area (Å²) in [6.45, 7) is 16.7. The van der Waals surface area contributed by atoms with Crippen molar-refractivity contribution in [1.29, 1.82) is 0 Å². The number of amides is 2. The van der Waals surface area contributed by atoms with E-state index in [1.54, 1.807) is 35.3 Å². The van der Waals surface area contributed by atoms with Gasteiger partial charge in [-0.3, -0.25) is 4.90 Å². The van der Waals surface area contributed by atoms with E-state index in [1.807, 2.05) is 32.9 Å². The quantitative estimate of drug-likeness (QED) is 0.0395. The summed E-state index contributed by atoms with van der Waals surface area (Å²) in [5.74, 6) is -2.08. The standard InChI is InChI=1S/C56H82FN3O9/c1-7-10-12-13-14-15-16-17-18-21-32-58-53(63)67-44-30-31-49-47(38-44)51-45(25-20-23-34-62)42(24-19-22-33-61)37-46-48(59-69-55(4,5)6)39-50(56(68-49,52(46)51)66-35-9-3)60(54(64)65-36-11-8-2)40-41-26-28-43(57)29-27-41/h8-9,26-31,37-38,42,45,50-52,61-62H,2-3,7,10-25,32-36,39-40H2,1,4-6H3,(H,58,63)/t42-,45+,50-,51+,52+,56+/m0/s1. The van der Waals surface area contributed by atoms with Gasteiger partial charge in [0.05, 0.1) is 24.8 Å². The molecule has 2 aromatic rings. The minimum Gasteiger partial charge on any atom is -0.459 e. The number of carbonyl (C=O) groups is 2. The van der Waals surface area contributed by atoms with Gasteiger partial charge >= 0.3 is 12.2 Å². The van der Waals surface area contributed by atoms with Gasteiger partial charge < -0.3 is 39.3 Å². The molecule has 382 valence electrons. The number of halogens is 1. The fourth-order valence-corrected chi connectivity index (χ4v) is 10.3. The third-order valence-corrected chi connectivity index (χ3v) is 13.5. The Kier molecular flexibility index (Phi) is 22.6. The molecule has 3 N–H and O–H groups in total. The van der Waals surface area contributed by atoms with E-state index in [4.69, 9.17) is 28.9 Å². The summed E-state index contributed by atoms with van der Waals surface area (Å²) in [4.78, 5) is 35.9. The summed E-state index contributed by atoms with van der Waals surface area (Å²) in [6.07, 6.45) is 21.3. The Morgan fingerprint density at radius 2 is 1.59 bits per heavy atom. The topological polar surface area (TPSA) is 148 Å². The van der Waals surface area contributed by atoms with Crippen molar-refractivity contribution in [3.63, 3.8) is 0 Å². The number of rotatable bonds is 30. The first-order valence-electron chi connectivity index (χ1n) is 25.9. The lowest BCUT2D eigenvalue weighted by Crippen LogP contribution is -2.70. The maximum Gasteiger partial charge on any atom is 0.412 e. The molecule has 0 bridgehead atoms. The molecule has 1 fully saturated rings. The van der Waals surface area contributed by atoms with Crippen LogP contribution in [0.15, 0.2) is 84.6 Å². The van der Waals surface area contributed by atoms with Gasteiger partial charge in [0.1, 0.15) is 29.0 Å². The van der Waals surface area contributed by atoms with Crippen molar-refractivity contribution < 1.29 is 48.0 Å². The van der Waals surface area contributed by atoms with E-state index in [-0.39, 0.29) is 57.1 Å². The third kappa shape index (κ3) is 15.9. The molecule has 0 unspecified atom stereocenters. The number of nitrogens with one attached hydrogen (secondary N) is 1. The fraction of sp³-hybridized carbons (Fsp3) is 0.625. The van der Waals surface area contributed by atoms with Crippen molar-refractivity contribution in [2.75, 3.05) is 33.0 Å². The van der Waals surface area contributed by atoms with Crippen LogP contribution in [0.1, 0.15) is 160 Å². The van der Waals surface area contributed by atoms with Crippen molar-refractivity contribution in [1.82, 2.24) is 10.2 Å². The molecule has 0 aromatic heterocycles. The molecular weight excluding hydrogens is 878 g/mol. The van der Waals surface area contributed by atoms with E-state index in [2.05, 4.69) is 31.5 Å². The van der Waals surface area contributed by atoms with Gasteiger partial charge in [0.25, 0.3) is 0 Å². The second-order valence-corrected chi connectivity index (χ2v) is 19.9. The van der Waals surface area contributed by atoms with Gasteiger partial charge in [0.2, 0.25) is 5.79 Å². The number of nitrogens with zero attached hydrogens (tertiary/aromatic N) is 2. The lowest BCUT2D eigenvalue weighted by atomic mass is 9.55. The van der Waals surface area contributed by atoms with Crippen LogP contribution in [0.3, 0.4) is 0 Å². The molecular formula is C56H82FN3O9. The van der Waals surface area contributed by atoms with Crippen LogP contribution in [-0.4, -0.2) is 83.4 Å². The molecule has 0 saturated heterocycles. The van der Waals surface area contributed by atoms with Crippen LogP contribution in [0.2, 0.25) is 0 Å². The maximum atomic E-state index is 14.7. The Bertz CT molecular complexity index is 1980. The lowest BCUT2D eigenvalue weighted by molar-refractivity contribution is -0.256. The van der Waals surface area contributed by atoms with E-state index < -0.39 is 41.4 Å². The van der Waals surface area contributed by atoms with Gasteiger partial charge in [-0.2, -0.15) is 0 Å². The molecule has 1 aliphatic heterocycles. The van der Waals surface area contributed by atoms with Gasteiger partial charge in [-0.25, -0.2) is 14.0 Å². The first-order chi connectivity index (χ1) is 33.4. The number of oxime groups is 1. The molecule has 1 saturated carbocycles. The predicted octanol–water partition coefficient (Wildman–Crippen LogP) is 12.5. The highest BCUT2D eigenvalue weighted by atomic mass is 19.1. The lowest BCUT2D eigenvalue weighted by Gasteiger charge is -2.60. The van der Waals surface area contributed by atoms with Gasteiger partial charge in [-0.1, -0.05) is 113 Å². The number of aliphatic hydroxyl groups excluding tert-OH is 2. The summed E-state index contributed by atoms with van der Waals surface area (Å²) in [5.41, 5.74) is 2.31. The summed E-state index contributed by atoms with van der Waals surface area (Å²) in [5, 5.41) is 27.8. The van der Waals surface area contributed by atoms with Crippen LogP contribution in [0.25, 0.3) is 0 Å². The molecule has 13 heteroatoms. The van der Waals surface area contributed by atoms with Crippen LogP contribution in [0, 0.1) is 23.6 Å². The number of unbranched alkanes of at least 4 members (excludes halogenated alkanes) is 11. The molecule has 0 spiro atoms. The zero-order valence-electron chi connectivity index (χ0n) is 42.1. The number of allylic oxidation sites excluding steroid dienone is 1. The smallest absolute Gasteiger partial charge is 0.412 e. The zero-order chi connectivity index (χ0) is 49.7. The number of fused-ring (bicyclic) bond motifs is 2. The molecule has 3 aliphatic rings. The minimum atomic E-state index is -1.56. The number of ether oxygens (including phenoxy) is 4. The van der Waals surface area contributed by atoms with Gasteiger partial charge in [0.15, 0.2) is 0 Å². The van der Waals surface area contributed by atoms with E-state index in [1.165, 1.54) is 57.1 Å². The highest BCUT2D eigenvalue weighted by Gasteiger charge is 2.66. The number of hydrogen-bond acceptors (Lipinski definition) is 10. The molecule has 5 rings (SSSR count). The molecule has 69 heavy (non-hydrogen) atoms. The Balaban J connectivity index is 1.60. The molecule has 2 amide bonds. The average Bonchev–Trinajstić information content (AvgIpc) is 3.32. The minimum absolute atomic E-state index is 0.000878. The monoisotopic (exact) mass is 960 g/mol. The highest BCUT2D eigenvalue weighted by Crippen LogP contribution is 2.62. The van der Waals surface area contributed by atoms with Crippen molar-refractivity contribution in [3.05, 3.63) is 96.4 Å². The van der Waals surface area contributed by atoms with Gasteiger partial charge in [-0.05, 0) is 113 Å². The van der Waals surface area contributed by atoms with E-state index in [0.29, 0.717) is 48.6 Å². The summed E-state index contributed by atoms with van der Waals surface area (Å²) < 4.78 is 40.7. The first-order valence-corrected chi connectivity index (χ1v) is 25.9. The van der Waals surface area contributed by atoms with E-state index in [9.17, 15) is 24.2 Å². The third-order valence-electron chi connectivity index (χ3n) is 13.5. The fourth-order valence-electron chi connectivity index (χ4n) is 10.3. The zero-order valence-corrected chi connectivity index (χ0v) is 42.1. The number of hydrogen-bond donors (Lipinski definition) is 3. The molecule has 1 heterocycles. The Hall–Kier alpha value is -4.72. The Labute approximate surface area is 411 Å². The van der Waals surface area contributed by atoms with Crippen LogP contribution < -0.4 is 14.8 Å². The van der Waals surface area contributed by atoms with Crippen molar-refractivity contribution in [2.45, 2.75) is 173 Å². The SMILES string of the molecule is C=CCCOC(=O)N(Cc1ccc(F)cc1)[C@H]1CC(=NOC(C)(C)C)C2=C[C@H](CCCCO)[C@@H](CCCCO)[C@@H]3c4cc(OC(=O)NCCCCCCCCCCCC)ccc4O[C@@]1(OCC=C)[C@H]23. The second-order valence-electron chi connectivity index (χ2n) is 19.9. The van der Waals surface area contributed by atoms with Crippen LogP contribution >= 0.6 is 0 Å². The van der Waals surface area contributed by atoms with Gasteiger partial charge in [-0.15, -0.1) is 13.2 Å². The highest BCUT2D eigenvalue weighted by molar-refractivity contribution is 6.03. The molecule has 2 aliphatic carbocycles. The molecule has 6 atom stereocenters. The normalized spacial score (nSPS) is 22.1. The number of aliphatic hydroxyl groups is 2. The average molecular weight is 960 g/mol. The van der Waals surface area contributed by atoms with E-state index in [0.717, 1.165) is 56.1 Å². The maximum absolute atomic E-state index is 14.7. The summed E-state index contributed by atoms with van der Waals surface area (Å²) >= 11 is 0. The number of carbonyl (C=O) groups excluding carboxylic acids is 2. The van der Waals surface area contributed by atoms with Crippen LogP contribution in [0.4, 0.5) is 14.0 Å². The van der Waals surface area contributed by atoms with Crippen LogP contribution in [-0.2, 0) is 20.9 Å². The Morgan fingerprint density at radius 3 is 2.25 bits per heavy atom. The Morgan fingerprint density at radius 1 is 0.913 bits per heavy atom. The largest absolute Gasteiger partial charge is 0.459 e. The van der Waals surface area contributed by atoms with E-state index >= 15 is 0 Å².